The van der Waals surface area contributed by atoms with Gasteiger partial charge >= 0.3 is 0 Å². The second kappa shape index (κ2) is 8.45. The Kier molecular flexibility index (Phi) is 6.03. The summed E-state index contributed by atoms with van der Waals surface area (Å²) in [4.78, 5) is 17.9. The minimum atomic E-state index is 0.0484. The fourth-order valence-corrected chi connectivity index (χ4v) is 3.43. The third-order valence-electron chi connectivity index (χ3n) is 4.90. The molecule has 0 bridgehead atoms. The van der Waals surface area contributed by atoms with Gasteiger partial charge in [-0.1, -0.05) is 43.6 Å². The smallest absolute Gasteiger partial charge is 0.253 e. The third-order valence-corrected chi connectivity index (χ3v) is 5.20. The number of amides is 1. The molecule has 1 aliphatic rings. The lowest BCUT2D eigenvalue weighted by Crippen LogP contribution is -2.41. The molecule has 2 aromatic rings. The molecule has 0 aromatic heterocycles. The van der Waals surface area contributed by atoms with Crippen molar-refractivity contribution in [1.82, 2.24) is 4.90 Å². The molecule has 1 aliphatic heterocycles. The largest absolute Gasteiger partial charge is 0.490 e. The van der Waals surface area contributed by atoms with Crippen molar-refractivity contribution in [2.24, 2.45) is 0 Å². The van der Waals surface area contributed by atoms with E-state index in [0.717, 1.165) is 18.4 Å². The van der Waals surface area contributed by atoms with Crippen LogP contribution in [0, 0.1) is 6.57 Å². The van der Waals surface area contributed by atoms with E-state index in [-0.39, 0.29) is 12.0 Å². The van der Waals surface area contributed by atoms with E-state index in [0.29, 0.717) is 35.5 Å². The van der Waals surface area contributed by atoms with Crippen molar-refractivity contribution < 1.29 is 9.53 Å². The van der Waals surface area contributed by atoms with Gasteiger partial charge in [-0.05, 0) is 35.7 Å². The molecule has 1 fully saturated rings. The molecule has 0 unspecified atom stereocenters. The summed E-state index contributed by atoms with van der Waals surface area (Å²) in [6.07, 6.45) is 1.60. The van der Waals surface area contributed by atoms with Crippen LogP contribution in [0.4, 0.5) is 5.69 Å². The molecule has 3 rings (SSSR count). The van der Waals surface area contributed by atoms with E-state index < -0.39 is 0 Å². The third kappa shape index (κ3) is 4.61. The van der Waals surface area contributed by atoms with Gasteiger partial charge in [-0.2, -0.15) is 0 Å². The first-order chi connectivity index (χ1) is 13.0. The second-order valence-electron chi connectivity index (χ2n) is 7.11. The number of likely N-dealkylation sites (tertiary alicyclic amines) is 1. The first-order valence-electron chi connectivity index (χ1n) is 9.21. The van der Waals surface area contributed by atoms with Crippen LogP contribution in [0.2, 0.25) is 5.02 Å². The molecule has 2 aromatic carbocycles. The highest BCUT2D eigenvalue weighted by atomic mass is 35.5. The Labute approximate surface area is 165 Å². The van der Waals surface area contributed by atoms with Gasteiger partial charge in [-0.25, -0.2) is 4.85 Å². The van der Waals surface area contributed by atoms with Gasteiger partial charge in [-0.15, -0.1) is 0 Å². The van der Waals surface area contributed by atoms with Crippen molar-refractivity contribution in [3.63, 3.8) is 0 Å². The Balaban J connectivity index is 1.56. The van der Waals surface area contributed by atoms with Gasteiger partial charge in [0.05, 0.1) is 11.6 Å². The highest BCUT2D eigenvalue weighted by Crippen LogP contribution is 2.30. The van der Waals surface area contributed by atoms with Gasteiger partial charge in [0.15, 0.2) is 0 Å². The predicted octanol–water partition coefficient (Wildman–Crippen LogP) is 5.70. The van der Waals surface area contributed by atoms with Crippen LogP contribution in [0.3, 0.4) is 0 Å². The van der Waals surface area contributed by atoms with Crippen LogP contribution in [-0.4, -0.2) is 30.0 Å². The van der Waals surface area contributed by atoms with Gasteiger partial charge in [0, 0.05) is 31.5 Å². The Bertz CT molecular complexity index is 848. The van der Waals surface area contributed by atoms with Crippen molar-refractivity contribution in [2.75, 3.05) is 13.1 Å². The van der Waals surface area contributed by atoms with E-state index in [1.807, 2.05) is 29.2 Å². The van der Waals surface area contributed by atoms with Gasteiger partial charge in [0.2, 0.25) is 5.69 Å². The zero-order valence-corrected chi connectivity index (χ0v) is 16.4. The average molecular weight is 383 g/mol. The second-order valence-corrected chi connectivity index (χ2v) is 7.52. The summed E-state index contributed by atoms with van der Waals surface area (Å²) in [7, 11) is 0. The molecule has 5 heteroatoms. The number of rotatable bonds is 4. The molecule has 0 spiro atoms. The number of carbonyl (C=O) groups excluding carboxylic acids is 1. The normalized spacial score (nSPS) is 14.9. The summed E-state index contributed by atoms with van der Waals surface area (Å²) >= 11 is 6.06. The summed E-state index contributed by atoms with van der Waals surface area (Å²) in [6, 6.07) is 13.0. The molecule has 1 amide bonds. The maximum absolute atomic E-state index is 12.7. The molecule has 0 atom stereocenters. The van der Waals surface area contributed by atoms with Crippen LogP contribution in [0.25, 0.3) is 4.85 Å². The molecule has 0 saturated carbocycles. The number of hydrogen-bond acceptors (Lipinski definition) is 2. The molecule has 1 heterocycles. The van der Waals surface area contributed by atoms with E-state index in [1.54, 1.807) is 18.2 Å². The van der Waals surface area contributed by atoms with E-state index in [4.69, 9.17) is 22.9 Å². The molecule has 4 nitrogen and oxygen atoms in total. The zero-order chi connectivity index (χ0) is 19.4. The van der Waals surface area contributed by atoms with Gasteiger partial charge < -0.3 is 9.64 Å². The molecule has 0 aliphatic carbocycles. The van der Waals surface area contributed by atoms with Gasteiger partial charge in [-0.3, -0.25) is 4.79 Å². The number of hydrogen-bond donors (Lipinski definition) is 0. The Hall–Kier alpha value is -2.51. The molecule has 0 N–H and O–H groups in total. The lowest BCUT2D eigenvalue weighted by atomic mass is 10.0. The van der Waals surface area contributed by atoms with E-state index in [2.05, 4.69) is 18.7 Å². The van der Waals surface area contributed by atoms with Crippen LogP contribution in [0.15, 0.2) is 42.5 Å². The lowest BCUT2D eigenvalue weighted by molar-refractivity contribution is 0.0595. The number of carbonyl (C=O) groups is 1. The summed E-state index contributed by atoms with van der Waals surface area (Å²) < 4.78 is 5.99. The molecule has 140 valence electrons. The summed E-state index contributed by atoms with van der Waals surface area (Å²) in [5.74, 6) is 1.20. The number of halogens is 1. The number of nitrogens with zero attached hydrogens (tertiary/aromatic N) is 2. The SMILES string of the molecule is [C-]#[N+]c1ccc(OC2CCN(C(=O)c3ccc(C(C)C)cc3)CC2)cc1Cl. The highest BCUT2D eigenvalue weighted by molar-refractivity contribution is 6.33. The first kappa shape index (κ1) is 19.3. The van der Waals surface area contributed by atoms with E-state index >= 15 is 0 Å². The number of piperidine rings is 1. The number of benzene rings is 2. The quantitative estimate of drug-likeness (QED) is 0.636. The van der Waals surface area contributed by atoms with Crippen molar-refractivity contribution >= 4 is 23.2 Å². The molecule has 0 radical (unpaired) electrons. The Morgan fingerprint density at radius 2 is 1.85 bits per heavy atom. The molecule has 1 saturated heterocycles. The molecule has 27 heavy (non-hydrogen) atoms. The van der Waals surface area contributed by atoms with Crippen LogP contribution >= 0.6 is 11.6 Å². The van der Waals surface area contributed by atoms with Crippen molar-refractivity contribution in [2.45, 2.75) is 38.7 Å². The number of ether oxygens (including phenoxy) is 1. The maximum Gasteiger partial charge on any atom is 0.253 e. The fraction of sp³-hybridized carbons (Fsp3) is 0.364. The van der Waals surface area contributed by atoms with Crippen LogP contribution < -0.4 is 4.74 Å². The van der Waals surface area contributed by atoms with E-state index in [9.17, 15) is 4.79 Å². The standard InChI is InChI=1S/C22H23ClN2O2/c1-15(2)16-4-6-17(7-5-16)22(26)25-12-10-18(11-13-25)27-19-8-9-21(24-3)20(23)14-19/h4-9,14-15,18H,10-13H2,1-2H3. The average Bonchev–Trinajstić information content (AvgIpc) is 2.68. The zero-order valence-electron chi connectivity index (χ0n) is 15.6. The summed E-state index contributed by atoms with van der Waals surface area (Å²) in [6.45, 7) is 12.7. The maximum atomic E-state index is 12.7. The summed E-state index contributed by atoms with van der Waals surface area (Å²) in [5, 5.41) is 0.403. The van der Waals surface area contributed by atoms with Crippen molar-refractivity contribution in [3.8, 4) is 5.75 Å². The Morgan fingerprint density at radius 1 is 1.19 bits per heavy atom. The predicted molar refractivity (Wildman–Crippen MR) is 108 cm³/mol. The lowest BCUT2D eigenvalue weighted by Gasteiger charge is -2.32. The Morgan fingerprint density at radius 3 is 2.41 bits per heavy atom. The summed E-state index contributed by atoms with van der Waals surface area (Å²) in [5.41, 5.74) is 2.40. The topological polar surface area (TPSA) is 33.9 Å². The van der Waals surface area contributed by atoms with Gasteiger partial charge in [0.25, 0.3) is 5.91 Å². The van der Waals surface area contributed by atoms with Gasteiger partial charge in [0.1, 0.15) is 11.9 Å². The van der Waals surface area contributed by atoms with Crippen molar-refractivity contribution in [1.29, 1.82) is 0 Å². The minimum Gasteiger partial charge on any atom is -0.490 e. The monoisotopic (exact) mass is 382 g/mol. The highest BCUT2D eigenvalue weighted by Gasteiger charge is 2.25. The van der Waals surface area contributed by atoms with Crippen molar-refractivity contribution in [3.05, 3.63) is 70.0 Å². The van der Waals surface area contributed by atoms with Crippen LogP contribution in [0.5, 0.6) is 5.75 Å². The minimum absolute atomic E-state index is 0.0484. The first-order valence-corrected chi connectivity index (χ1v) is 9.58. The molecular formula is C22H23ClN2O2. The molecular weight excluding hydrogens is 360 g/mol. The van der Waals surface area contributed by atoms with Crippen LogP contribution in [-0.2, 0) is 0 Å². The van der Waals surface area contributed by atoms with E-state index in [1.165, 1.54) is 5.56 Å². The fourth-order valence-electron chi connectivity index (χ4n) is 3.21. The van der Waals surface area contributed by atoms with Crippen LogP contribution in [0.1, 0.15) is 48.5 Å².